The molecule has 1 heterocycles. The van der Waals surface area contributed by atoms with E-state index in [1.165, 1.54) is 70.0 Å². The Labute approximate surface area is 207 Å². The Bertz CT molecular complexity index is 709. The maximum atomic E-state index is 11.6. The lowest BCUT2D eigenvalue weighted by Gasteiger charge is -2.43. The van der Waals surface area contributed by atoms with Gasteiger partial charge in [-0.25, -0.2) is 0 Å². The fraction of sp³-hybridized carbons (Fsp3) is 0.714. The summed E-state index contributed by atoms with van der Waals surface area (Å²) in [6.45, 7) is 3.79. The van der Waals surface area contributed by atoms with Gasteiger partial charge in [-0.05, 0) is 106 Å². The summed E-state index contributed by atoms with van der Waals surface area (Å²) in [5.41, 5.74) is 3.69. The van der Waals surface area contributed by atoms with Crippen molar-refractivity contribution in [3.8, 4) is 0 Å². The molecule has 1 aliphatic heterocycles. The van der Waals surface area contributed by atoms with E-state index in [9.17, 15) is 9.59 Å². The summed E-state index contributed by atoms with van der Waals surface area (Å²) in [4.78, 5) is 22.3. The van der Waals surface area contributed by atoms with Crippen LogP contribution in [0.3, 0.4) is 0 Å². The lowest BCUT2D eigenvalue weighted by molar-refractivity contribution is -0.109. The predicted octanol–water partition coefficient (Wildman–Crippen LogP) is 4.43. The van der Waals surface area contributed by atoms with E-state index in [1.54, 1.807) is 14.2 Å². The number of hydrogen-bond acceptors (Lipinski definition) is 5. The summed E-state index contributed by atoms with van der Waals surface area (Å²) < 4.78 is 4.25. The van der Waals surface area contributed by atoms with Crippen molar-refractivity contribution in [3.05, 3.63) is 34.9 Å². The van der Waals surface area contributed by atoms with E-state index in [1.807, 2.05) is 7.05 Å². The smallest absolute Gasteiger partial charge is 0.207 e. The molecule has 3 N–H and O–H groups in total. The van der Waals surface area contributed by atoms with Gasteiger partial charge in [-0.15, -0.1) is 0 Å². The highest BCUT2D eigenvalue weighted by Crippen LogP contribution is 2.46. The van der Waals surface area contributed by atoms with Gasteiger partial charge in [-0.2, -0.15) is 0 Å². The maximum absolute atomic E-state index is 11.6. The second kappa shape index (κ2) is 16.0. The van der Waals surface area contributed by atoms with Gasteiger partial charge in [-0.3, -0.25) is 9.59 Å². The molecule has 0 radical (unpaired) electrons. The van der Waals surface area contributed by atoms with Crippen molar-refractivity contribution < 1.29 is 14.3 Å². The van der Waals surface area contributed by atoms with Gasteiger partial charge in [0, 0.05) is 32.9 Å². The summed E-state index contributed by atoms with van der Waals surface area (Å²) >= 11 is 0. The number of aldehydes is 1. The summed E-state index contributed by atoms with van der Waals surface area (Å²) in [6.07, 6.45) is 14.7. The largest absolute Gasteiger partial charge is 0.388 e. The summed E-state index contributed by atoms with van der Waals surface area (Å²) in [7, 11) is 5.15. The van der Waals surface area contributed by atoms with Crippen molar-refractivity contribution >= 4 is 12.7 Å². The molecule has 1 atom stereocenters. The van der Waals surface area contributed by atoms with Gasteiger partial charge in [0.1, 0.15) is 6.29 Å². The van der Waals surface area contributed by atoms with E-state index in [0.717, 1.165) is 42.6 Å². The zero-order valence-electron chi connectivity index (χ0n) is 21.7. The van der Waals surface area contributed by atoms with Crippen LogP contribution < -0.4 is 16.0 Å². The van der Waals surface area contributed by atoms with Gasteiger partial charge in [0.05, 0.1) is 0 Å². The van der Waals surface area contributed by atoms with E-state index in [2.05, 4.69) is 38.9 Å². The lowest BCUT2D eigenvalue weighted by Crippen LogP contribution is -2.39. The molecule has 192 valence electrons. The second-order valence-corrected chi connectivity index (χ2v) is 10.2. The molecule has 1 saturated heterocycles. The van der Waals surface area contributed by atoms with Crippen molar-refractivity contribution in [3.63, 3.8) is 0 Å². The lowest BCUT2D eigenvalue weighted by atomic mass is 9.65. The summed E-state index contributed by atoms with van der Waals surface area (Å²) in [6, 6.07) is 6.31. The first-order valence-electron chi connectivity index (χ1n) is 13.1. The van der Waals surface area contributed by atoms with E-state index in [0.29, 0.717) is 24.4 Å². The van der Waals surface area contributed by atoms with Gasteiger partial charge in [0.25, 0.3) is 0 Å². The first kappa shape index (κ1) is 28.5. The first-order valence-corrected chi connectivity index (χ1v) is 13.1. The van der Waals surface area contributed by atoms with Gasteiger partial charge in [0.15, 0.2) is 0 Å². The highest BCUT2D eigenvalue weighted by Gasteiger charge is 2.35. The average molecular weight is 474 g/mol. The normalized spacial score (nSPS) is 18.6. The average Bonchev–Trinajstić information content (AvgIpc) is 2.86. The van der Waals surface area contributed by atoms with Crippen molar-refractivity contribution in [1.82, 2.24) is 16.0 Å². The number of nitrogens with one attached hydrogen (secondary N) is 3. The van der Waals surface area contributed by atoms with E-state index >= 15 is 0 Å². The molecule has 1 unspecified atom stereocenters. The van der Waals surface area contributed by atoms with E-state index < -0.39 is 0 Å². The first-order chi connectivity index (χ1) is 16.6. The van der Waals surface area contributed by atoms with Crippen LogP contribution >= 0.6 is 0 Å². The van der Waals surface area contributed by atoms with Crippen molar-refractivity contribution in [1.29, 1.82) is 0 Å². The molecule has 3 rings (SSSR count). The minimum Gasteiger partial charge on any atom is -0.388 e. The molecule has 6 nitrogen and oxygen atoms in total. The van der Waals surface area contributed by atoms with E-state index in [4.69, 9.17) is 0 Å². The minimum atomic E-state index is 0.383. The molecular weight excluding hydrogens is 426 g/mol. The number of methoxy groups -OCH3 is 1. The molecule has 0 aromatic heterocycles. The van der Waals surface area contributed by atoms with Crippen LogP contribution in [-0.4, -0.2) is 53.6 Å². The van der Waals surface area contributed by atoms with Gasteiger partial charge < -0.3 is 20.7 Å². The molecule has 1 aromatic rings. The van der Waals surface area contributed by atoms with Crippen molar-refractivity contribution in [2.75, 3.05) is 40.9 Å². The Morgan fingerprint density at radius 2 is 1.82 bits per heavy atom. The van der Waals surface area contributed by atoms with E-state index in [-0.39, 0.29) is 0 Å². The van der Waals surface area contributed by atoms with Crippen LogP contribution in [0, 0.1) is 11.3 Å². The van der Waals surface area contributed by atoms with Crippen LogP contribution in [0.4, 0.5) is 0 Å². The third-order valence-electron chi connectivity index (χ3n) is 7.85. The number of benzene rings is 1. The van der Waals surface area contributed by atoms with Crippen LogP contribution in [0.25, 0.3) is 0 Å². The van der Waals surface area contributed by atoms with Crippen LogP contribution in [0.2, 0.25) is 0 Å². The number of amides is 1. The Kier molecular flexibility index (Phi) is 13.4. The number of carbonyl (C=O) groups excluding carboxylic acids is 2. The molecule has 2 fully saturated rings. The number of hydrogen-bond donors (Lipinski definition) is 3. The van der Waals surface area contributed by atoms with Crippen molar-refractivity contribution in [2.24, 2.45) is 11.3 Å². The number of carbonyl (C=O) groups is 2. The Hall–Kier alpha value is -1.76. The standard InChI is InChI=1S/C26H41N3O2.C2H6O/c1-27-18-24-6-5-23(17-25(24)19-30)22(9-14-29-20-31)4-2-3-21-7-10-26(11-8-21)12-15-28-16-13-26;1-3-2/h5-6,17,19-22,27-28H,2-4,7-16,18H2,1H3,(H,29,31);1-2H3. The van der Waals surface area contributed by atoms with Gasteiger partial charge >= 0.3 is 0 Å². The predicted molar refractivity (Wildman–Crippen MR) is 139 cm³/mol. The van der Waals surface area contributed by atoms with Crippen LogP contribution in [0.1, 0.15) is 91.6 Å². The van der Waals surface area contributed by atoms with Crippen LogP contribution in [-0.2, 0) is 16.1 Å². The summed E-state index contributed by atoms with van der Waals surface area (Å²) in [5.74, 6) is 1.26. The van der Waals surface area contributed by atoms with Gasteiger partial charge in [0.2, 0.25) is 6.41 Å². The number of rotatable bonds is 12. The van der Waals surface area contributed by atoms with Crippen LogP contribution in [0.15, 0.2) is 18.2 Å². The molecule has 1 aliphatic carbocycles. The maximum Gasteiger partial charge on any atom is 0.207 e. The fourth-order valence-electron chi connectivity index (χ4n) is 5.81. The topological polar surface area (TPSA) is 79.5 Å². The Morgan fingerprint density at radius 3 is 2.44 bits per heavy atom. The molecular formula is C28H47N3O3. The third-order valence-corrected chi connectivity index (χ3v) is 7.85. The van der Waals surface area contributed by atoms with Gasteiger partial charge in [-0.1, -0.05) is 25.0 Å². The monoisotopic (exact) mass is 473 g/mol. The molecule has 34 heavy (non-hydrogen) atoms. The number of piperidine rings is 1. The Balaban J connectivity index is 0.00000129. The zero-order valence-corrected chi connectivity index (χ0v) is 21.7. The molecule has 2 aliphatic rings. The fourth-order valence-corrected chi connectivity index (χ4v) is 5.81. The molecule has 1 aromatic carbocycles. The molecule has 1 spiro atoms. The van der Waals surface area contributed by atoms with Crippen LogP contribution in [0.5, 0.6) is 0 Å². The second-order valence-electron chi connectivity index (χ2n) is 10.2. The highest BCUT2D eigenvalue weighted by molar-refractivity contribution is 5.77. The Morgan fingerprint density at radius 1 is 1.12 bits per heavy atom. The third kappa shape index (κ3) is 9.12. The zero-order chi connectivity index (χ0) is 24.7. The molecule has 0 bridgehead atoms. The molecule has 1 saturated carbocycles. The molecule has 6 heteroatoms. The number of ether oxygens (including phenoxy) is 1. The minimum absolute atomic E-state index is 0.383. The highest BCUT2D eigenvalue weighted by atomic mass is 16.4. The summed E-state index contributed by atoms with van der Waals surface area (Å²) in [5, 5.41) is 9.46. The SMILES string of the molecule is CNCc1ccc(C(CCCC2CCC3(CCNCC3)CC2)CCNC=O)cc1C=O.COC. The quantitative estimate of drug-likeness (QED) is 0.309. The molecule has 1 amide bonds. The van der Waals surface area contributed by atoms with Crippen molar-refractivity contribution in [2.45, 2.75) is 76.7 Å².